The Bertz CT molecular complexity index is 3150. The Labute approximate surface area is 359 Å². The highest BCUT2D eigenvalue weighted by Crippen LogP contribution is 2.56. The summed E-state index contributed by atoms with van der Waals surface area (Å²) in [6.07, 6.45) is 8.77. The predicted molar refractivity (Wildman–Crippen MR) is 260 cm³/mol. The third kappa shape index (κ3) is 6.53. The van der Waals surface area contributed by atoms with Crippen molar-refractivity contribution in [1.82, 2.24) is 0 Å². The number of hydrogen-bond acceptors (Lipinski definition) is 2. The Morgan fingerprint density at radius 1 is 0.410 bits per heavy atom. The molecule has 0 saturated heterocycles. The molecule has 0 spiro atoms. The van der Waals surface area contributed by atoms with Crippen molar-refractivity contribution >= 4 is 50.0 Å². The first-order valence-corrected chi connectivity index (χ1v) is 21.5. The van der Waals surface area contributed by atoms with Crippen molar-refractivity contribution in [2.24, 2.45) is 0 Å². The minimum absolute atomic E-state index is 0.217. The molecule has 0 heterocycles. The van der Waals surface area contributed by atoms with E-state index in [0.29, 0.717) is 0 Å². The molecular weight excluding hydrogens is 737 g/mol. The number of anilines is 5. The molecule has 9 aromatic rings. The lowest BCUT2D eigenvalue weighted by atomic mass is 9.82. The molecule has 0 aliphatic heterocycles. The van der Waals surface area contributed by atoms with E-state index in [1.807, 2.05) is 0 Å². The molecule has 0 radical (unpaired) electrons. The Morgan fingerprint density at radius 2 is 0.934 bits per heavy atom. The van der Waals surface area contributed by atoms with Gasteiger partial charge < -0.3 is 9.80 Å². The molecule has 0 N–H and O–H groups in total. The van der Waals surface area contributed by atoms with Crippen molar-refractivity contribution in [3.05, 3.63) is 235 Å². The monoisotopic (exact) mass is 782 g/mol. The second-order valence-corrected chi connectivity index (χ2v) is 16.9. The fraction of sp³-hybridized carbons (Fsp3) is 0.0847. The van der Waals surface area contributed by atoms with Crippen LogP contribution >= 0.6 is 0 Å². The predicted octanol–water partition coefficient (Wildman–Crippen LogP) is 16.5. The van der Waals surface area contributed by atoms with Crippen LogP contribution in [0.5, 0.6) is 0 Å². The number of para-hydroxylation sites is 1. The van der Waals surface area contributed by atoms with E-state index in [1.54, 1.807) is 0 Å². The first-order chi connectivity index (χ1) is 30.0. The van der Waals surface area contributed by atoms with E-state index in [1.165, 1.54) is 77.4 Å². The summed E-state index contributed by atoms with van der Waals surface area (Å²) in [5.74, 6) is 0. The molecule has 0 bridgehead atoms. The van der Waals surface area contributed by atoms with E-state index in [4.69, 9.17) is 0 Å². The molecule has 0 atom stereocenters. The van der Waals surface area contributed by atoms with Gasteiger partial charge in [0.25, 0.3) is 0 Å². The molecule has 0 saturated carbocycles. The Balaban J connectivity index is 1.09. The first-order valence-electron chi connectivity index (χ1n) is 21.5. The highest BCUT2D eigenvalue weighted by atomic mass is 15.2. The quantitative estimate of drug-likeness (QED) is 0.151. The van der Waals surface area contributed by atoms with Gasteiger partial charge >= 0.3 is 0 Å². The van der Waals surface area contributed by atoms with Crippen molar-refractivity contribution in [1.29, 1.82) is 0 Å². The summed E-state index contributed by atoms with van der Waals surface area (Å²) in [6.45, 7) is 4.78. The lowest BCUT2D eigenvalue weighted by Crippen LogP contribution is -2.21. The zero-order valence-electron chi connectivity index (χ0n) is 34.6. The van der Waals surface area contributed by atoms with E-state index >= 15 is 0 Å². The van der Waals surface area contributed by atoms with Crippen LogP contribution in [0.15, 0.2) is 224 Å². The topological polar surface area (TPSA) is 6.48 Å². The second kappa shape index (κ2) is 15.0. The van der Waals surface area contributed by atoms with Crippen molar-refractivity contribution in [3.63, 3.8) is 0 Å². The SMILES string of the molecule is CC1(C)c2ccccc2-c2c(N(C3=CC=CCC3)c3ccc(-c4ccc5ccccc5c4)cc3)cc(N(c3ccccc3)c3ccc(-c4ccc5ccccc5c4)cc3)cc21. The van der Waals surface area contributed by atoms with Crippen LogP contribution in [0, 0.1) is 0 Å². The van der Waals surface area contributed by atoms with Crippen LogP contribution in [0.4, 0.5) is 28.4 Å². The molecule has 0 unspecified atom stereocenters. The van der Waals surface area contributed by atoms with Gasteiger partial charge in [0.05, 0.1) is 5.69 Å². The summed E-state index contributed by atoms with van der Waals surface area (Å²) in [5.41, 5.74) is 16.9. The number of benzene rings is 9. The molecular formula is C59H46N2. The van der Waals surface area contributed by atoms with Crippen LogP contribution in [0.2, 0.25) is 0 Å². The number of allylic oxidation sites excluding steroid dienone is 4. The van der Waals surface area contributed by atoms with Gasteiger partial charge in [-0.05, 0) is 140 Å². The molecule has 0 fully saturated rings. The number of hydrogen-bond donors (Lipinski definition) is 0. The molecule has 11 rings (SSSR count). The molecule has 2 nitrogen and oxygen atoms in total. The van der Waals surface area contributed by atoms with Gasteiger partial charge in [0, 0.05) is 39.4 Å². The Kier molecular flexibility index (Phi) is 9.01. The fourth-order valence-electron chi connectivity index (χ4n) is 9.69. The molecule has 2 heteroatoms. The van der Waals surface area contributed by atoms with E-state index in [9.17, 15) is 0 Å². The Morgan fingerprint density at radius 3 is 1.54 bits per heavy atom. The molecule has 61 heavy (non-hydrogen) atoms. The van der Waals surface area contributed by atoms with Gasteiger partial charge in [0.1, 0.15) is 0 Å². The minimum Gasteiger partial charge on any atom is -0.314 e. The molecule has 2 aliphatic carbocycles. The summed E-state index contributed by atoms with van der Waals surface area (Å²) in [4.78, 5) is 4.98. The molecule has 292 valence electrons. The van der Waals surface area contributed by atoms with Crippen molar-refractivity contribution in [2.45, 2.75) is 32.1 Å². The smallest absolute Gasteiger partial charge is 0.0560 e. The molecule has 2 aliphatic rings. The number of fused-ring (bicyclic) bond motifs is 5. The highest BCUT2D eigenvalue weighted by Gasteiger charge is 2.39. The summed E-state index contributed by atoms with van der Waals surface area (Å²) in [6, 6.07) is 73.8. The molecule has 0 aromatic heterocycles. The van der Waals surface area contributed by atoms with Gasteiger partial charge in [-0.25, -0.2) is 0 Å². The van der Waals surface area contributed by atoms with Gasteiger partial charge in [0.15, 0.2) is 0 Å². The average molecular weight is 783 g/mol. The summed E-state index contributed by atoms with van der Waals surface area (Å²) < 4.78 is 0. The number of rotatable bonds is 8. The number of nitrogens with zero attached hydrogens (tertiary/aromatic N) is 2. The van der Waals surface area contributed by atoms with Gasteiger partial charge in [0.2, 0.25) is 0 Å². The van der Waals surface area contributed by atoms with Crippen LogP contribution < -0.4 is 9.80 Å². The van der Waals surface area contributed by atoms with Crippen LogP contribution in [0.3, 0.4) is 0 Å². The van der Waals surface area contributed by atoms with Crippen molar-refractivity contribution in [2.75, 3.05) is 9.80 Å². The minimum atomic E-state index is -0.217. The van der Waals surface area contributed by atoms with E-state index in [0.717, 1.165) is 35.6 Å². The standard InChI is InChI=1S/C59H46N2/c1-59(2)55-24-14-13-23-54(55)58-56(59)39-53(60(49-19-5-3-6-20-49)51-33-29-43(30-34-51)47-27-25-41-15-9-11-17-45(41)37-47)40-57(58)61(50-21-7-4-8-22-50)52-35-31-44(32-36-52)48-28-26-42-16-10-12-18-46(42)38-48/h3-7,9-21,23-40H,8,22H2,1-2H3. The van der Waals surface area contributed by atoms with Crippen LogP contribution in [0.25, 0.3) is 54.9 Å². The summed E-state index contributed by atoms with van der Waals surface area (Å²) in [7, 11) is 0. The van der Waals surface area contributed by atoms with E-state index in [-0.39, 0.29) is 5.41 Å². The van der Waals surface area contributed by atoms with Crippen molar-refractivity contribution < 1.29 is 0 Å². The van der Waals surface area contributed by atoms with Gasteiger partial charge in [-0.1, -0.05) is 166 Å². The third-order valence-corrected chi connectivity index (χ3v) is 12.9. The zero-order valence-corrected chi connectivity index (χ0v) is 34.6. The fourth-order valence-corrected chi connectivity index (χ4v) is 9.69. The maximum absolute atomic E-state index is 2.54. The average Bonchev–Trinajstić information content (AvgIpc) is 3.55. The van der Waals surface area contributed by atoms with Gasteiger partial charge in [-0.3, -0.25) is 0 Å². The van der Waals surface area contributed by atoms with Crippen LogP contribution in [-0.2, 0) is 5.41 Å². The molecule has 0 amide bonds. The Hall–Kier alpha value is -7.42. The van der Waals surface area contributed by atoms with Crippen LogP contribution in [0.1, 0.15) is 37.8 Å². The lowest BCUT2D eigenvalue weighted by Gasteiger charge is -2.34. The third-order valence-electron chi connectivity index (χ3n) is 12.9. The maximum Gasteiger partial charge on any atom is 0.0560 e. The zero-order chi connectivity index (χ0) is 40.9. The van der Waals surface area contributed by atoms with E-state index in [2.05, 4.69) is 242 Å². The molecule has 9 aromatic carbocycles. The van der Waals surface area contributed by atoms with Gasteiger partial charge in [-0.2, -0.15) is 0 Å². The van der Waals surface area contributed by atoms with Gasteiger partial charge in [-0.15, -0.1) is 0 Å². The summed E-state index contributed by atoms with van der Waals surface area (Å²) >= 11 is 0. The highest BCUT2D eigenvalue weighted by molar-refractivity contribution is 5.97. The maximum atomic E-state index is 2.54. The normalized spacial score (nSPS) is 13.8. The first kappa shape index (κ1) is 36.6. The second-order valence-electron chi connectivity index (χ2n) is 16.9. The largest absolute Gasteiger partial charge is 0.314 e. The van der Waals surface area contributed by atoms with E-state index < -0.39 is 0 Å². The summed E-state index contributed by atoms with van der Waals surface area (Å²) in [5, 5.41) is 5.02. The van der Waals surface area contributed by atoms with Crippen LogP contribution in [-0.4, -0.2) is 0 Å². The lowest BCUT2D eigenvalue weighted by molar-refractivity contribution is 0.660. The van der Waals surface area contributed by atoms with Crippen molar-refractivity contribution in [3.8, 4) is 33.4 Å².